The third-order valence-electron chi connectivity index (χ3n) is 0.946. The molecule has 5 heteroatoms. The van der Waals surface area contributed by atoms with Gasteiger partial charge in [0.05, 0.1) is 5.75 Å². The normalized spacial score (nSPS) is 11.9. The minimum Gasteiger partial charge on any atom is -0.405 e. The maximum atomic E-state index is 10.9. The molecule has 1 amide bonds. The number of rotatable bonds is 4. The fraction of sp³-hybridized carbons (Fsp3) is 0.286. The molecule has 0 bridgehead atoms. The summed E-state index contributed by atoms with van der Waals surface area (Å²) < 4.78 is 0. The van der Waals surface area contributed by atoms with Crippen LogP contribution in [0.4, 0.5) is 0 Å². The highest BCUT2D eigenvalue weighted by Gasteiger charge is 1.98. The molecule has 0 aromatic rings. The van der Waals surface area contributed by atoms with Gasteiger partial charge in [0.2, 0.25) is 5.91 Å². The van der Waals surface area contributed by atoms with Crippen LogP contribution in [0.2, 0.25) is 0 Å². The molecule has 0 atom stereocenters. The van der Waals surface area contributed by atoms with E-state index in [9.17, 15) is 4.79 Å². The van der Waals surface area contributed by atoms with Gasteiger partial charge in [0.1, 0.15) is 5.82 Å². The zero-order valence-corrected chi connectivity index (χ0v) is 7.73. The molecule has 0 radical (unpaired) electrons. The average molecular weight is 187 g/mol. The smallest absolute Gasteiger partial charge is 0.235 e. The van der Waals surface area contributed by atoms with Crippen molar-refractivity contribution in [2.24, 2.45) is 11.5 Å². The Morgan fingerprint density at radius 2 is 2.33 bits per heavy atom. The molecule has 5 N–H and O–H groups in total. The largest absolute Gasteiger partial charge is 0.405 e. The number of thioether (sulfide) groups is 1. The Morgan fingerprint density at radius 3 is 2.83 bits per heavy atom. The predicted molar refractivity (Wildman–Crippen MR) is 52.1 cm³/mol. The summed E-state index contributed by atoms with van der Waals surface area (Å²) in [5, 5.41) is 2.49. The van der Waals surface area contributed by atoms with E-state index in [0.29, 0.717) is 11.6 Å². The van der Waals surface area contributed by atoms with Gasteiger partial charge in [-0.15, -0.1) is 0 Å². The first kappa shape index (κ1) is 10.9. The van der Waals surface area contributed by atoms with Crippen molar-refractivity contribution >= 4 is 17.7 Å². The molecule has 0 heterocycles. The highest BCUT2D eigenvalue weighted by atomic mass is 32.2. The Morgan fingerprint density at radius 1 is 1.67 bits per heavy atom. The SMILES string of the molecule is CSCC(=O)N/C(N)=C/C=C\N. The standard InChI is InChI=1S/C7H13N3OS/c1-12-5-7(11)10-6(9)3-2-4-8/h2-4H,5,8-9H2,1H3,(H,10,11)/b4-2-,6-3+. The molecule has 0 fully saturated rings. The molecule has 0 saturated heterocycles. The Hall–Kier alpha value is -1.10. The number of hydrogen-bond acceptors (Lipinski definition) is 4. The zero-order chi connectivity index (χ0) is 9.40. The monoisotopic (exact) mass is 187 g/mol. The summed E-state index contributed by atoms with van der Waals surface area (Å²) in [4.78, 5) is 10.9. The van der Waals surface area contributed by atoms with E-state index in [4.69, 9.17) is 11.5 Å². The molecule has 68 valence electrons. The molecule has 0 saturated carbocycles. The number of carbonyl (C=O) groups is 1. The number of carbonyl (C=O) groups excluding carboxylic acids is 1. The first-order valence-electron chi connectivity index (χ1n) is 3.33. The lowest BCUT2D eigenvalue weighted by atomic mass is 10.5. The van der Waals surface area contributed by atoms with Crippen molar-refractivity contribution < 1.29 is 4.79 Å². The van der Waals surface area contributed by atoms with E-state index in [1.807, 2.05) is 6.26 Å². The van der Waals surface area contributed by atoms with Crippen molar-refractivity contribution in [2.45, 2.75) is 0 Å². The van der Waals surface area contributed by atoms with E-state index in [1.54, 1.807) is 6.08 Å². The molecular weight excluding hydrogens is 174 g/mol. The molecule has 0 aromatic heterocycles. The van der Waals surface area contributed by atoms with E-state index in [-0.39, 0.29) is 5.91 Å². The van der Waals surface area contributed by atoms with Gasteiger partial charge in [-0.25, -0.2) is 0 Å². The van der Waals surface area contributed by atoms with Gasteiger partial charge in [-0.1, -0.05) is 0 Å². The number of amides is 1. The lowest BCUT2D eigenvalue weighted by molar-refractivity contribution is -0.117. The molecule has 12 heavy (non-hydrogen) atoms. The first-order chi connectivity index (χ1) is 5.70. The molecule has 0 aromatic carbocycles. The minimum atomic E-state index is -0.110. The molecule has 4 nitrogen and oxygen atoms in total. The van der Waals surface area contributed by atoms with Gasteiger partial charge >= 0.3 is 0 Å². The maximum absolute atomic E-state index is 10.9. The summed E-state index contributed by atoms with van der Waals surface area (Å²) in [6.45, 7) is 0. The van der Waals surface area contributed by atoms with Crippen molar-refractivity contribution in [3.63, 3.8) is 0 Å². The highest BCUT2D eigenvalue weighted by Crippen LogP contribution is 1.90. The van der Waals surface area contributed by atoms with Gasteiger partial charge in [-0.2, -0.15) is 11.8 Å². The molecule has 0 aliphatic rings. The molecule has 0 spiro atoms. The molecule has 0 rings (SSSR count). The third kappa shape index (κ3) is 5.67. The van der Waals surface area contributed by atoms with Gasteiger partial charge in [0.25, 0.3) is 0 Å². The van der Waals surface area contributed by atoms with Crippen LogP contribution in [0.15, 0.2) is 24.2 Å². The second-order valence-electron chi connectivity index (χ2n) is 1.99. The Bertz CT molecular complexity index is 201. The van der Waals surface area contributed by atoms with Crippen LogP contribution in [0.5, 0.6) is 0 Å². The predicted octanol–water partition coefficient (Wildman–Crippen LogP) is -0.262. The van der Waals surface area contributed by atoms with Crippen LogP contribution >= 0.6 is 11.8 Å². The van der Waals surface area contributed by atoms with E-state index in [0.717, 1.165) is 0 Å². The minimum absolute atomic E-state index is 0.110. The lowest BCUT2D eigenvalue weighted by Gasteiger charge is -2.01. The Kier molecular flexibility index (Phi) is 6.00. The summed E-state index contributed by atoms with van der Waals surface area (Å²) in [6, 6.07) is 0. The van der Waals surface area contributed by atoms with Crippen molar-refractivity contribution in [3.05, 3.63) is 24.2 Å². The second-order valence-corrected chi connectivity index (χ2v) is 2.85. The van der Waals surface area contributed by atoms with Gasteiger partial charge in [-0.05, 0) is 24.6 Å². The second kappa shape index (κ2) is 6.60. The van der Waals surface area contributed by atoms with Crippen molar-refractivity contribution in [1.29, 1.82) is 0 Å². The van der Waals surface area contributed by atoms with Crippen LogP contribution in [-0.2, 0) is 4.79 Å². The van der Waals surface area contributed by atoms with Crippen molar-refractivity contribution in [2.75, 3.05) is 12.0 Å². The quantitative estimate of drug-likeness (QED) is 0.530. The summed E-state index contributed by atoms with van der Waals surface area (Å²) in [5.41, 5.74) is 10.5. The summed E-state index contributed by atoms with van der Waals surface area (Å²) >= 11 is 1.44. The van der Waals surface area contributed by atoms with Crippen molar-refractivity contribution in [1.82, 2.24) is 5.32 Å². The molecular formula is C7H13N3OS. The molecule has 0 aliphatic heterocycles. The zero-order valence-electron chi connectivity index (χ0n) is 6.91. The van der Waals surface area contributed by atoms with Gasteiger partial charge in [0.15, 0.2) is 0 Å². The fourth-order valence-electron chi connectivity index (χ4n) is 0.529. The van der Waals surface area contributed by atoms with Gasteiger partial charge in [-0.3, -0.25) is 4.79 Å². The van der Waals surface area contributed by atoms with E-state index < -0.39 is 0 Å². The molecule has 0 unspecified atom stereocenters. The van der Waals surface area contributed by atoms with Crippen LogP contribution in [0.25, 0.3) is 0 Å². The summed E-state index contributed by atoms with van der Waals surface area (Å²) in [7, 11) is 0. The number of nitrogens with one attached hydrogen (secondary N) is 1. The topological polar surface area (TPSA) is 81.1 Å². The highest BCUT2D eigenvalue weighted by molar-refractivity contribution is 7.99. The number of hydrogen-bond donors (Lipinski definition) is 3. The van der Waals surface area contributed by atoms with Crippen LogP contribution in [-0.4, -0.2) is 17.9 Å². The Balaban J connectivity index is 3.82. The number of nitrogens with two attached hydrogens (primary N) is 2. The van der Waals surface area contributed by atoms with Gasteiger partial charge in [0, 0.05) is 0 Å². The van der Waals surface area contributed by atoms with Crippen LogP contribution in [0.3, 0.4) is 0 Å². The lowest BCUT2D eigenvalue weighted by Crippen LogP contribution is -2.28. The number of allylic oxidation sites excluding steroid dienone is 2. The summed E-state index contributed by atoms with van der Waals surface area (Å²) in [5.74, 6) is 0.596. The molecule has 0 aliphatic carbocycles. The summed E-state index contributed by atoms with van der Waals surface area (Å²) in [6.07, 6.45) is 6.26. The van der Waals surface area contributed by atoms with Gasteiger partial charge < -0.3 is 16.8 Å². The Labute approximate surface area is 76.1 Å². The van der Waals surface area contributed by atoms with Crippen LogP contribution in [0.1, 0.15) is 0 Å². The van der Waals surface area contributed by atoms with E-state index in [1.165, 1.54) is 24.0 Å². The van der Waals surface area contributed by atoms with Crippen LogP contribution in [0, 0.1) is 0 Å². The van der Waals surface area contributed by atoms with E-state index >= 15 is 0 Å². The van der Waals surface area contributed by atoms with Crippen LogP contribution < -0.4 is 16.8 Å². The first-order valence-corrected chi connectivity index (χ1v) is 4.73. The maximum Gasteiger partial charge on any atom is 0.235 e. The van der Waals surface area contributed by atoms with Crippen molar-refractivity contribution in [3.8, 4) is 0 Å². The average Bonchev–Trinajstić information content (AvgIpc) is 2.01. The third-order valence-corrected chi connectivity index (χ3v) is 1.50. The van der Waals surface area contributed by atoms with E-state index in [2.05, 4.69) is 5.32 Å². The fourth-order valence-corrected chi connectivity index (χ4v) is 0.863.